The largest absolute Gasteiger partial charge is 0.394 e. The molecule has 1 aliphatic rings. The summed E-state index contributed by atoms with van der Waals surface area (Å²) in [6, 6.07) is -0.816. The lowest BCUT2D eigenvalue weighted by molar-refractivity contribution is -0.302. The molecule has 1 aliphatic heterocycles. The fraction of sp³-hybridized carbons (Fsp3) is 0.750. The maximum absolute atomic E-state index is 13.1. The van der Waals surface area contributed by atoms with Crippen LogP contribution in [0.25, 0.3) is 0 Å². The molecule has 77 heavy (non-hydrogen) atoms. The number of nitrogens with one attached hydrogen (secondary N) is 1. The lowest BCUT2D eigenvalue weighted by atomic mass is 9.99. The summed E-state index contributed by atoms with van der Waals surface area (Å²) in [5, 5.41) is 54.7. The van der Waals surface area contributed by atoms with Gasteiger partial charge in [-0.05, 0) is 77.0 Å². The molecule has 9 nitrogen and oxygen atoms in total. The number of ether oxygens (including phenoxy) is 2. The van der Waals surface area contributed by atoms with Crippen LogP contribution in [-0.4, -0.2) is 87.5 Å². The lowest BCUT2D eigenvalue weighted by Crippen LogP contribution is -2.60. The van der Waals surface area contributed by atoms with E-state index >= 15 is 0 Å². The topological polar surface area (TPSA) is 149 Å². The highest BCUT2D eigenvalue weighted by Crippen LogP contribution is 2.23. The van der Waals surface area contributed by atoms with Gasteiger partial charge in [0.15, 0.2) is 6.29 Å². The Morgan fingerprint density at radius 1 is 0.455 bits per heavy atom. The maximum Gasteiger partial charge on any atom is 0.220 e. The summed E-state index contributed by atoms with van der Waals surface area (Å²) in [6.45, 7) is 3.68. The van der Waals surface area contributed by atoms with Crippen molar-refractivity contribution in [3.8, 4) is 0 Å². The first-order valence-corrected chi connectivity index (χ1v) is 32.0. The monoisotopic (exact) mass is 1080 g/mol. The van der Waals surface area contributed by atoms with Gasteiger partial charge in [-0.25, -0.2) is 0 Å². The number of allylic oxidation sites excluding steroid dienone is 15. The first kappa shape index (κ1) is 72.1. The van der Waals surface area contributed by atoms with Gasteiger partial charge in [-0.2, -0.15) is 0 Å². The number of hydrogen-bond acceptors (Lipinski definition) is 8. The van der Waals surface area contributed by atoms with Crippen LogP contribution >= 0.6 is 0 Å². The minimum absolute atomic E-state index is 0.185. The Morgan fingerprint density at radius 3 is 1.19 bits per heavy atom. The summed E-state index contributed by atoms with van der Waals surface area (Å²) in [5.74, 6) is -0.185. The van der Waals surface area contributed by atoms with Crippen molar-refractivity contribution in [2.24, 2.45) is 0 Å². The normalized spacial score (nSPS) is 19.4. The van der Waals surface area contributed by atoms with Crippen molar-refractivity contribution in [1.29, 1.82) is 0 Å². The molecule has 0 saturated carbocycles. The molecule has 0 aliphatic carbocycles. The van der Waals surface area contributed by atoms with Crippen LogP contribution in [0.1, 0.15) is 271 Å². The number of amides is 1. The van der Waals surface area contributed by atoms with Gasteiger partial charge in [0.2, 0.25) is 5.91 Å². The second-order valence-corrected chi connectivity index (χ2v) is 21.8. The van der Waals surface area contributed by atoms with Crippen LogP contribution in [0.2, 0.25) is 0 Å². The molecule has 444 valence electrons. The van der Waals surface area contributed by atoms with E-state index in [1.54, 1.807) is 6.08 Å². The average molecular weight is 1080 g/mol. The van der Waals surface area contributed by atoms with Crippen molar-refractivity contribution in [2.75, 3.05) is 13.2 Å². The van der Waals surface area contributed by atoms with E-state index in [0.717, 1.165) is 96.3 Å². The molecule has 0 spiro atoms. The van der Waals surface area contributed by atoms with Crippen LogP contribution in [0.15, 0.2) is 97.2 Å². The van der Waals surface area contributed by atoms with Gasteiger partial charge in [0, 0.05) is 6.42 Å². The quantitative estimate of drug-likeness (QED) is 0.0261. The third kappa shape index (κ3) is 45.5. The predicted octanol–water partition coefficient (Wildman–Crippen LogP) is 16.7. The van der Waals surface area contributed by atoms with Crippen LogP contribution in [-0.2, 0) is 14.3 Å². The lowest BCUT2D eigenvalue weighted by Gasteiger charge is -2.40. The van der Waals surface area contributed by atoms with E-state index in [2.05, 4.69) is 104 Å². The zero-order valence-electron chi connectivity index (χ0n) is 49.4. The van der Waals surface area contributed by atoms with E-state index in [0.29, 0.717) is 6.42 Å². The zero-order chi connectivity index (χ0) is 55.8. The van der Waals surface area contributed by atoms with Gasteiger partial charge in [-0.3, -0.25) is 4.79 Å². The van der Waals surface area contributed by atoms with Crippen molar-refractivity contribution in [1.82, 2.24) is 5.32 Å². The molecule has 0 bridgehead atoms. The zero-order valence-corrected chi connectivity index (χ0v) is 49.4. The van der Waals surface area contributed by atoms with E-state index in [1.165, 1.54) is 154 Å². The number of hydrogen-bond donors (Lipinski definition) is 6. The molecule has 1 rings (SSSR count). The smallest absolute Gasteiger partial charge is 0.220 e. The Labute approximate surface area is 473 Å². The summed E-state index contributed by atoms with van der Waals surface area (Å²) in [5.41, 5.74) is 0. The minimum Gasteiger partial charge on any atom is -0.394 e. The standard InChI is InChI=1S/C68H119NO8/c1-3-5-7-9-11-13-15-17-19-21-23-25-27-28-29-30-31-32-33-34-36-38-40-42-44-46-48-50-52-54-56-58-64(72)69-61(60-76-68-67(75)66(74)65(73)63(59-70)77-68)62(71)57-55-53-51-49-47-45-43-41-39-37-35-26-24-22-20-18-16-14-12-10-8-6-4-2/h5,7,11,13,17,19,23,25,28-29,31-32,34,36,55,57,61-63,65-68,70-71,73-75H,3-4,6,8-10,12,14-16,18,20-22,24,26-27,30,33,35,37-54,56,58-60H2,1-2H3,(H,69,72)/b7-5-,13-11-,19-17-,25-23-,29-28-,32-31-,36-34-,57-55+. The summed E-state index contributed by atoms with van der Waals surface area (Å²) < 4.78 is 11.3. The highest BCUT2D eigenvalue weighted by atomic mass is 16.7. The van der Waals surface area contributed by atoms with E-state index in [4.69, 9.17) is 9.47 Å². The molecule has 0 aromatic rings. The van der Waals surface area contributed by atoms with Crippen LogP contribution in [0.3, 0.4) is 0 Å². The summed E-state index contributed by atoms with van der Waals surface area (Å²) in [4.78, 5) is 13.1. The number of unbranched alkanes of at least 4 members (excludes halogenated alkanes) is 30. The van der Waals surface area contributed by atoms with Gasteiger partial charge in [0.1, 0.15) is 24.4 Å². The fourth-order valence-electron chi connectivity index (χ4n) is 9.67. The van der Waals surface area contributed by atoms with Gasteiger partial charge >= 0.3 is 0 Å². The minimum atomic E-state index is -1.57. The van der Waals surface area contributed by atoms with E-state index in [-0.39, 0.29) is 12.5 Å². The SMILES string of the molecule is CC/C=C\C/C=C\C/C=C\C/C=C\C/C=C\C/C=C\C/C=C\CCCCCCCCCCCC(=O)NC(COC1OC(CO)C(O)C(O)C1O)C(O)/C=C/CCCCCCCCCCCCCCCCCCCCCCC. The van der Waals surface area contributed by atoms with Gasteiger partial charge < -0.3 is 40.3 Å². The Kier molecular flexibility index (Phi) is 52.8. The third-order valence-electron chi connectivity index (χ3n) is 14.7. The Bertz CT molecular complexity index is 1530. The van der Waals surface area contributed by atoms with Crippen LogP contribution < -0.4 is 5.32 Å². The summed E-state index contributed by atoms with van der Waals surface area (Å²) in [7, 11) is 0. The molecule has 6 N–H and O–H groups in total. The molecule has 1 amide bonds. The summed E-state index contributed by atoms with van der Waals surface area (Å²) >= 11 is 0. The third-order valence-corrected chi connectivity index (χ3v) is 14.7. The molecule has 9 heteroatoms. The second kappa shape index (κ2) is 56.4. The molecule has 7 unspecified atom stereocenters. The van der Waals surface area contributed by atoms with E-state index in [1.807, 2.05) is 6.08 Å². The van der Waals surface area contributed by atoms with Crippen molar-refractivity contribution >= 4 is 5.91 Å². The first-order valence-electron chi connectivity index (χ1n) is 32.0. The Hall–Kier alpha value is -2.89. The van der Waals surface area contributed by atoms with Crippen molar-refractivity contribution < 1.29 is 39.8 Å². The number of aliphatic hydroxyl groups excluding tert-OH is 5. The summed E-state index contributed by atoms with van der Waals surface area (Å²) in [6.07, 6.45) is 74.8. The van der Waals surface area contributed by atoms with Crippen molar-refractivity contribution in [3.05, 3.63) is 97.2 Å². The van der Waals surface area contributed by atoms with E-state index < -0.39 is 49.5 Å². The molecule has 0 radical (unpaired) electrons. The van der Waals surface area contributed by atoms with Crippen LogP contribution in [0.5, 0.6) is 0 Å². The Morgan fingerprint density at radius 2 is 0.805 bits per heavy atom. The highest BCUT2D eigenvalue weighted by molar-refractivity contribution is 5.76. The van der Waals surface area contributed by atoms with Crippen LogP contribution in [0, 0.1) is 0 Å². The van der Waals surface area contributed by atoms with Gasteiger partial charge in [0.25, 0.3) is 0 Å². The molecular weight excluding hydrogens is 959 g/mol. The second-order valence-electron chi connectivity index (χ2n) is 21.8. The van der Waals surface area contributed by atoms with Gasteiger partial charge in [-0.15, -0.1) is 0 Å². The number of carbonyl (C=O) groups is 1. The molecular formula is C68H119NO8. The maximum atomic E-state index is 13.1. The van der Waals surface area contributed by atoms with Crippen molar-refractivity contribution in [2.45, 2.75) is 314 Å². The number of rotatable bonds is 54. The fourth-order valence-corrected chi connectivity index (χ4v) is 9.67. The number of aliphatic hydroxyl groups is 5. The van der Waals surface area contributed by atoms with Crippen LogP contribution in [0.4, 0.5) is 0 Å². The van der Waals surface area contributed by atoms with E-state index in [9.17, 15) is 30.3 Å². The molecule has 0 aromatic heterocycles. The predicted molar refractivity (Wildman–Crippen MR) is 327 cm³/mol. The molecule has 1 fully saturated rings. The van der Waals surface area contributed by atoms with Gasteiger partial charge in [-0.1, -0.05) is 284 Å². The average Bonchev–Trinajstić information content (AvgIpc) is 3.43. The van der Waals surface area contributed by atoms with Gasteiger partial charge in [0.05, 0.1) is 25.4 Å². The molecule has 1 saturated heterocycles. The highest BCUT2D eigenvalue weighted by Gasteiger charge is 2.44. The first-order chi connectivity index (χ1) is 37.8. The molecule has 1 heterocycles. The Balaban J connectivity index is 2.20. The number of carbonyl (C=O) groups excluding carboxylic acids is 1. The molecule has 7 atom stereocenters. The van der Waals surface area contributed by atoms with Crippen molar-refractivity contribution in [3.63, 3.8) is 0 Å². The molecule has 0 aromatic carbocycles.